The molecule has 3 aromatic carbocycles. The zero-order chi connectivity index (χ0) is 25.3. The molecule has 2 N–H and O–H groups in total. The van der Waals surface area contributed by atoms with Crippen molar-refractivity contribution in [2.75, 3.05) is 24.3 Å². The van der Waals surface area contributed by atoms with Gasteiger partial charge >= 0.3 is 0 Å². The SMILES string of the molecule is C=CCc1ccc(F)c(C(=O)Nc2ccc(-c3nc4cc(N(C)C)c([N+](=O)[O-])cc4n3O)cc2)c1. The van der Waals surface area contributed by atoms with E-state index in [1.807, 2.05) is 0 Å². The fourth-order valence-electron chi connectivity index (χ4n) is 3.72. The van der Waals surface area contributed by atoms with Crippen LogP contribution in [-0.4, -0.2) is 39.8 Å². The van der Waals surface area contributed by atoms with Crippen LogP contribution in [0.1, 0.15) is 15.9 Å². The molecule has 4 rings (SSSR count). The Labute approximate surface area is 199 Å². The van der Waals surface area contributed by atoms with Gasteiger partial charge in [0.05, 0.1) is 16.0 Å². The summed E-state index contributed by atoms with van der Waals surface area (Å²) in [6.07, 6.45) is 2.18. The second-order valence-electron chi connectivity index (χ2n) is 8.07. The molecule has 4 aromatic rings. The fraction of sp³-hybridized carbons (Fsp3) is 0.120. The number of halogens is 1. The van der Waals surface area contributed by atoms with Crippen molar-refractivity contribution in [3.63, 3.8) is 0 Å². The molecule has 0 aliphatic rings. The number of nitrogens with one attached hydrogen (secondary N) is 1. The second kappa shape index (κ2) is 9.26. The molecule has 178 valence electrons. The van der Waals surface area contributed by atoms with Gasteiger partial charge in [-0.15, -0.1) is 6.58 Å². The third kappa shape index (κ3) is 4.54. The van der Waals surface area contributed by atoms with Crippen molar-refractivity contribution in [2.24, 2.45) is 0 Å². The molecule has 0 aliphatic carbocycles. The molecular weight excluding hydrogens is 453 g/mol. The number of benzene rings is 3. The molecule has 10 heteroatoms. The Bertz CT molecular complexity index is 1460. The first-order chi connectivity index (χ1) is 16.7. The standard InChI is InChI=1S/C25H22FN5O4/c1-4-5-15-6-11-19(26)18(12-15)25(32)27-17-9-7-16(8-10-17)24-28-20-13-22(29(2)3)23(31(34)35)14-21(20)30(24)33/h4,6-14,33H,1,5H2,2-3H3,(H,27,32). The van der Waals surface area contributed by atoms with Crippen LogP contribution in [0.15, 0.2) is 67.3 Å². The van der Waals surface area contributed by atoms with Gasteiger partial charge in [-0.2, -0.15) is 4.73 Å². The number of nitrogens with zero attached hydrogens (tertiary/aromatic N) is 4. The maximum atomic E-state index is 14.2. The summed E-state index contributed by atoms with van der Waals surface area (Å²) < 4.78 is 15.0. The van der Waals surface area contributed by atoms with E-state index in [9.17, 15) is 24.5 Å². The van der Waals surface area contributed by atoms with Crippen molar-refractivity contribution in [2.45, 2.75) is 6.42 Å². The Kier molecular flexibility index (Phi) is 6.20. The number of imidazole rings is 1. The van der Waals surface area contributed by atoms with Crippen LogP contribution in [0.25, 0.3) is 22.4 Å². The summed E-state index contributed by atoms with van der Waals surface area (Å²) in [6.45, 7) is 3.65. The number of allylic oxidation sites excluding steroid dienone is 1. The first kappa shape index (κ1) is 23.4. The van der Waals surface area contributed by atoms with Crippen molar-refractivity contribution >= 4 is 34.0 Å². The highest BCUT2D eigenvalue weighted by atomic mass is 19.1. The smallest absolute Gasteiger partial charge is 0.294 e. The molecule has 1 heterocycles. The third-order valence-electron chi connectivity index (χ3n) is 5.46. The van der Waals surface area contributed by atoms with Crippen LogP contribution >= 0.6 is 0 Å². The second-order valence-corrected chi connectivity index (χ2v) is 8.07. The number of carbonyl (C=O) groups is 1. The number of anilines is 2. The number of aromatic nitrogens is 2. The van der Waals surface area contributed by atoms with Crippen LogP contribution in [0.2, 0.25) is 0 Å². The van der Waals surface area contributed by atoms with Gasteiger partial charge in [0.25, 0.3) is 11.6 Å². The lowest BCUT2D eigenvalue weighted by Gasteiger charge is -2.12. The summed E-state index contributed by atoms with van der Waals surface area (Å²) in [7, 11) is 3.36. The largest absolute Gasteiger partial charge is 0.426 e. The number of hydrogen-bond acceptors (Lipinski definition) is 6. The summed E-state index contributed by atoms with van der Waals surface area (Å²) in [5.74, 6) is -1.06. The van der Waals surface area contributed by atoms with Gasteiger partial charge in [-0.1, -0.05) is 12.1 Å². The monoisotopic (exact) mass is 475 g/mol. The number of rotatable bonds is 7. The van der Waals surface area contributed by atoms with Crippen molar-refractivity contribution in [3.8, 4) is 11.4 Å². The molecule has 0 atom stereocenters. The summed E-state index contributed by atoms with van der Waals surface area (Å²) in [5.41, 5.74) is 2.37. The minimum atomic E-state index is -0.632. The average Bonchev–Trinajstić information content (AvgIpc) is 3.15. The van der Waals surface area contributed by atoms with Gasteiger partial charge in [0, 0.05) is 31.4 Å². The minimum absolute atomic E-state index is 0.0798. The Morgan fingerprint density at radius 3 is 2.57 bits per heavy atom. The fourth-order valence-corrected chi connectivity index (χ4v) is 3.72. The van der Waals surface area contributed by atoms with E-state index in [0.717, 1.165) is 10.3 Å². The van der Waals surface area contributed by atoms with Crippen LogP contribution in [0.5, 0.6) is 0 Å². The Balaban J connectivity index is 1.62. The van der Waals surface area contributed by atoms with E-state index in [4.69, 9.17) is 0 Å². The molecule has 0 spiro atoms. The molecule has 0 saturated carbocycles. The summed E-state index contributed by atoms with van der Waals surface area (Å²) >= 11 is 0. The molecule has 0 aliphatic heterocycles. The van der Waals surface area contributed by atoms with Gasteiger partial charge in [0.15, 0.2) is 5.82 Å². The van der Waals surface area contributed by atoms with E-state index in [-0.39, 0.29) is 22.6 Å². The number of hydrogen-bond donors (Lipinski definition) is 2. The number of fused-ring (bicyclic) bond motifs is 1. The van der Waals surface area contributed by atoms with Crippen molar-refractivity contribution < 1.29 is 19.3 Å². The first-order valence-electron chi connectivity index (χ1n) is 10.6. The van der Waals surface area contributed by atoms with E-state index in [1.54, 1.807) is 55.4 Å². The van der Waals surface area contributed by atoms with Gasteiger partial charge in [-0.3, -0.25) is 14.9 Å². The topological polar surface area (TPSA) is 114 Å². The van der Waals surface area contributed by atoms with Gasteiger partial charge < -0.3 is 15.4 Å². The lowest BCUT2D eigenvalue weighted by atomic mass is 10.1. The summed E-state index contributed by atoms with van der Waals surface area (Å²) in [4.78, 5) is 29.6. The van der Waals surface area contributed by atoms with Gasteiger partial charge in [-0.25, -0.2) is 9.37 Å². The van der Waals surface area contributed by atoms with E-state index >= 15 is 0 Å². The predicted octanol–water partition coefficient (Wildman–Crippen LogP) is 5.03. The Morgan fingerprint density at radius 2 is 1.94 bits per heavy atom. The van der Waals surface area contributed by atoms with Crippen LogP contribution in [0.4, 0.5) is 21.5 Å². The Morgan fingerprint density at radius 1 is 1.23 bits per heavy atom. The molecule has 35 heavy (non-hydrogen) atoms. The zero-order valence-electron chi connectivity index (χ0n) is 19.0. The molecule has 0 bridgehead atoms. The molecule has 0 radical (unpaired) electrons. The minimum Gasteiger partial charge on any atom is -0.426 e. The molecule has 0 fully saturated rings. The van der Waals surface area contributed by atoms with Gasteiger partial charge in [0.1, 0.15) is 17.0 Å². The quantitative estimate of drug-likeness (QED) is 0.168. The normalized spacial score (nSPS) is 10.8. The lowest BCUT2D eigenvalue weighted by Crippen LogP contribution is -2.14. The van der Waals surface area contributed by atoms with Crippen LogP contribution in [-0.2, 0) is 6.42 Å². The van der Waals surface area contributed by atoms with Crippen molar-refractivity contribution in [3.05, 3.63) is 94.3 Å². The lowest BCUT2D eigenvalue weighted by molar-refractivity contribution is -0.384. The number of amides is 1. The van der Waals surface area contributed by atoms with Crippen LogP contribution < -0.4 is 10.2 Å². The highest BCUT2D eigenvalue weighted by molar-refractivity contribution is 6.04. The number of nitro groups is 1. The maximum Gasteiger partial charge on any atom is 0.294 e. The van der Waals surface area contributed by atoms with Crippen LogP contribution in [0.3, 0.4) is 0 Å². The van der Waals surface area contributed by atoms with E-state index < -0.39 is 16.6 Å². The van der Waals surface area contributed by atoms with Crippen LogP contribution in [0, 0.1) is 15.9 Å². The number of nitro benzene ring substituents is 1. The summed E-state index contributed by atoms with van der Waals surface area (Å²) in [5, 5.41) is 24.8. The van der Waals surface area contributed by atoms with E-state index in [2.05, 4.69) is 16.9 Å². The summed E-state index contributed by atoms with van der Waals surface area (Å²) in [6, 6.07) is 13.5. The highest BCUT2D eigenvalue weighted by Crippen LogP contribution is 2.34. The highest BCUT2D eigenvalue weighted by Gasteiger charge is 2.22. The maximum absolute atomic E-state index is 14.2. The molecule has 1 aromatic heterocycles. The molecule has 9 nitrogen and oxygen atoms in total. The molecule has 0 unspecified atom stereocenters. The third-order valence-corrected chi connectivity index (χ3v) is 5.46. The van der Waals surface area contributed by atoms with Gasteiger partial charge in [0.2, 0.25) is 0 Å². The molecule has 1 amide bonds. The zero-order valence-corrected chi connectivity index (χ0v) is 19.0. The molecular formula is C25H22FN5O4. The van der Waals surface area contributed by atoms with Crippen molar-refractivity contribution in [1.29, 1.82) is 0 Å². The Hall–Kier alpha value is -4.73. The van der Waals surface area contributed by atoms with Gasteiger partial charge in [-0.05, 0) is 54.4 Å². The predicted molar refractivity (Wildman–Crippen MR) is 132 cm³/mol. The molecule has 0 saturated heterocycles. The first-order valence-corrected chi connectivity index (χ1v) is 10.6. The van der Waals surface area contributed by atoms with E-state index in [1.165, 1.54) is 24.3 Å². The van der Waals surface area contributed by atoms with E-state index in [0.29, 0.717) is 28.9 Å². The number of carbonyl (C=O) groups excluding carboxylic acids is 1. The average molecular weight is 475 g/mol. The van der Waals surface area contributed by atoms with Crippen molar-refractivity contribution in [1.82, 2.24) is 9.71 Å².